The first-order valence-electron chi connectivity index (χ1n) is 4.21. The van der Waals surface area contributed by atoms with Gasteiger partial charge in [0.15, 0.2) is 0 Å². The first-order valence-corrected chi connectivity index (χ1v) is 7.02. The van der Waals surface area contributed by atoms with E-state index >= 15 is 0 Å². The number of thiophene rings is 2. The molecule has 0 aliphatic carbocycles. The lowest BCUT2D eigenvalue weighted by Gasteiger charge is -1.94. The van der Waals surface area contributed by atoms with E-state index in [0.717, 1.165) is 10.6 Å². The van der Waals surface area contributed by atoms with Crippen molar-refractivity contribution in [1.29, 1.82) is 0 Å². The van der Waals surface area contributed by atoms with Crippen LogP contribution in [-0.4, -0.2) is 11.1 Å². The summed E-state index contributed by atoms with van der Waals surface area (Å²) in [6, 6.07) is 3.81. The summed E-state index contributed by atoms with van der Waals surface area (Å²) in [5, 5.41) is 14.8. The molecule has 2 rings (SSSR count). The summed E-state index contributed by atoms with van der Waals surface area (Å²) in [5.41, 5.74) is 1.29. The number of carboxylic acid groups (broad SMARTS) is 1. The molecule has 0 spiro atoms. The summed E-state index contributed by atoms with van der Waals surface area (Å²) in [7, 11) is 0. The topological polar surface area (TPSA) is 37.3 Å². The molecule has 0 aliphatic rings. The molecule has 0 radical (unpaired) electrons. The first-order chi connectivity index (χ1) is 7.25. The zero-order valence-corrected chi connectivity index (χ0v) is 10.1. The SMILES string of the molecule is O=C(O)c1cc(SCc2ccsc2)cs1. The number of aromatic carboxylic acids is 1. The Labute approximate surface area is 99.6 Å². The quantitative estimate of drug-likeness (QED) is 0.845. The Bertz CT molecular complexity index is 445. The van der Waals surface area contributed by atoms with Gasteiger partial charge in [-0.3, -0.25) is 0 Å². The van der Waals surface area contributed by atoms with Gasteiger partial charge in [0.05, 0.1) is 0 Å². The maximum Gasteiger partial charge on any atom is 0.345 e. The van der Waals surface area contributed by atoms with Crippen molar-refractivity contribution in [2.24, 2.45) is 0 Å². The normalized spacial score (nSPS) is 10.4. The molecule has 0 amide bonds. The number of rotatable bonds is 4. The first kappa shape index (κ1) is 10.7. The van der Waals surface area contributed by atoms with Crippen LogP contribution < -0.4 is 0 Å². The fourth-order valence-corrected chi connectivity index (χ4v) is 3.63. The zero-order valence-electron chi connectivity index (χ0n) is 7.67. The number of hydrogen-bond donors (Lipinski definition) is 1. The third-order valence-corrected chi connectivity index (χ3v) is 4.62. The van der Waals surface area contributed by atoms with Gasteiger partial charge in [0.25, 0.3) is 0 Å². The van der Waals surface area contributed by atoms with Crippen molar-refractivity contribution in [2.75, 3.05) is 0 Å². The van der Waals surface area contributed by atoms with Gasteiger partial charge in [0.1, 0.15) is 4.88 Å². The monoisotopic (exact) mass is 256 g/mol. The largest absolute Gasteiger partial charge is 0.477 e. The maximum absolute atomic E-state index is 10.7. The van der Waals surface area contributed by atoms with Crippen LogP contribution in [0.2, 0.25) is 0 Å². The Morgan fingerprint density at radius 3 is 2.93 bits per heavy atom. The number of carbonyl (C=O) groups is 1. The van der Waals surface area contributed by atoms with Crippen molar-refractivity contribution >= 4 is 40.4 Å². The van der Waals surface area contributed by atoms with Crippen LogP contribution in [0.25, 0.3) is 0 Å². The van der Waals surface area contributed by atoms with Crippen molar-refractivity contribution in [3.05, 3.63) is 38.7 Å². The van der Waals surface area contributed by atoms with E-state index in [1.54, 1.807) is 29.2 Å². The molecule has 0 aromatic carbocycles. The van der Waals surface area contributed by atoms with E-state index in [1.807, 2.05) is 10.8 Å². The van der Waals surface area contributed by atoms with Crippen LogP contribution in [0.1, 0.15) is 15.2 Å². The molecule has 0 saturated carbocycles. The van der Waals surface area contributed by atoms with Gasteiger partial charge in [-0.25, -0.2) is 4.79 Å². The lowest BCUT2D eigenvalue weighted by atomic mass is 10.4. The average molecular weight is 256 g/mol. The van der Waals surface area contributed by atoms with E-state index in [-0.39, 0.29) is 0 Å². The molecule has 5 heteroatoms. The maximum atomic E-state index is 10.7. The molecule has 2 heterocycles. The van der Waals surface area contributed by atoms with Crippen LogP contribution in [0.5, 0.6) is 0 Å². The molecule has 0 saturated heterocycles. The van der Waals surface area contributed by atoms with Crippen LogP contribution in [0, 0.1) is 0 Å². The molecule has 2 aromatic rings. The smallest absolute Gasteiger partial charge is 0.345 e. The van der Waals surface area contributed by atoms with Crippen LogP contribution in [-0.2, 0) is 5.75 Å². The Morgan fingerprint density at radius 1 is 1.47 bits per heavy atom. The summed E-state index contributed by atoms with van der Waals surface area (Å²) in [4.78, 5) is 12.1. The second-order valence-electron chi connectivity index (χ2n) is 2.87. The Balaban J connectivity index is 1.96. The summed E-state index contributed by atoms with van der Waals surface area (Å²) >= 11 is 4.63. The number of carboxylic acids is 1. The zero-order chi connectivity index (χ0) is 10.7. The molecule has 2 aromatic heterocycles. The lowest BCUT2D eigenvalue weighted by molar-refractivity contribution is 0.0702. The summed E-state index contributed by atoms with van der Waals surface area (Å²) in [6.45, 7) is 0. The number of hydrogen-bond acceptors (Lipinski definition) is 4. The Kier molecular flexibility index (Phi) is 3.45. The lowest BCUT2D eigenvalue weighted by Crippen LogP contribution is -1.89. The molecular formula is C10H8O2S3. The second kappa shape index (κ2) is 4.83. The van der Waals surface area contributed by atoms with Crippen LogP contribution in [0.15, 0.2) is 33.2 Å². The summed E-state index contributed by atoms with van der Waals surface area (Å²) < 4.78 is 0. The molecular weight excluding hydrogens is 248 g/mol. The van der Waals surface area contributed by atoms with Crippen molar-refractivity contribution in [1.82, 2.24) is 0 Å². The molecule has 15 heavy (non-hydrogen) atoms. The van der Waals surface area contributed by atoms with Gasteiger partial charge in [-0.1, -0.05) is 0 Å². The summed E-state index contributed by atoms with van der Waals surface area (Å²) in [6.07, 6.45) is 0. The molecule has 2 nitrogen and oxygen atoms in total. The van der Waals surface area contributed by atoms with Crippen LogP contribution >= 0.6 is 34.4 Å². The van der Waals surface area contributed by atoms with E-state index in [2.05, 4.69) is 11.4 Å². The molecule has 1 N–H and O–H groups in total. The molecule has 0 atom stereocenters. The molecule has 0 fully saturated rings. The third kappa shape index (κ3) is 2.84. The van der Waals surface area contributed by atoms with Crippen molar-refractivity contribution in [3.8, 4) is 0 Å². The average Bonchev–Trinajstić information content (AvgIpc) is 2.86. The van der Waals surface area contributed by atoms with Gasteiger partial charge >= 0.3 is 5.97 Å². The molecule has 0 bridgehead atoms. The molecule has 78 valence electrons. The standard InChI is InChI=1S/C10H8O2S3/c11-10(12)9-3-8(6-15-9)14-5-7-1-2-13-4-7/h1-4,6H,5H2,(H,11,12). The summed E-state index contributed by atoms with van der Waals surface area (Å²) in [5.74, 6) is 0.0571. The van der Waals surface area contributed by atoms with Crippen molar-refractivity contribution < 1.29 is 9.90 Å². The fraction of sp³-hybridized carbons (Fsp3) is 0.100. The Hall–Kier alpha value is -0.780. The highest BCUT2D eigenvalue weighted by Crippen LogP contribution is 2.28. The minimum atomic E-state index is -0.845. The Morgan fingerprint density at radius 2 is 2.33 bits per heavy atom. The van der Waals surface area contributed by atoms with E-state index < -0.39 is 5.97 Å². The molecule has 0 aliphatic heterocycles. The van der Waals surface area contributed by atoms with E-state index in [4.69, 9.17) is 5.11 Å². The van der Waals surface area contributed by atoms with Gasteiger partial charge in [-0.05, 0) is 28.5 Å². The van der Waals surface area contributed by atoms with Crippen molar-refractivity contribution in [3.63, 3.8) is 0 Å². The van der Waals surface area contributed by atoms with E-state index in [0.29, 0.717) is 4.88 Å². The van der Waals surface area contributed by atoms with Gasteiger partial charge in [0.2, 0.25) is 0 Å². The van der Waals surface area contributed by atoms with Gasteiger partial charge in [-0.15, -0.1) is 23.1 Å². The van der Waals surface area contributed by atoms with Crippen LogP contribution in [0.4, 0.5) is 0 Å². The minimum Gasteiger partial charge on any atom is -0.477 e. The van der Waals surface area contributed by atoms with Gasteiger partial charge in [0, 0.05) is 16.0 Å². The highest BCUT2D eigenvalue weighted by atomic mass is 32.2. The van der Waals surface area contributed by atoms with E-state index in [1.165, 1.54) is 16.9 Å². The predicted octanol–water partition coefficient (Wildman–Crippen LogP) is 3.80. The highest BCUT2D eigenvalue weighted by Gasteiger charge is 2.06. The third-order valence-electron chi connectivity index (χ3n) is 1.77. The van der Waals surface area contributed by atoms with Crippen LogP contribution in [0.3, 0.4) is 0 Å². The molecule has 0 unspecified atom stereocenters. The van der Waals surface area contributed by atoms with E-state index in [9.17, 15) is 4.79 Å². The van der Waals surface area contributed by atoms with Crippen molar-refractivity contribution in [2.45, 2.75) is 10.6 Å². The fourth-order valence-electron chi connectivity index (χ4n) is 1.05. The van der Waals surface area contributed by atoms with Gasteiger partial charge < -0.3 is 5.11 Å². The highest BCUT2D eigenvalue weighted by molar-refractivity contribution is 7.98. The van der Waals surface area contributed by atoms with Gasteiger partial charge in [-0.2, -0.15) is 11.3 Å². The number of thioether (sulfide) groups is 1. The predicted molar refractivity (Wildman–Crippen MR) is 65.2 cm³/mol. The minimum absolute atomic E-state index is 0.405. The second-order valence-corrected chi connectivity index (χ2v) is 5.61.